The van der Waals surface area contributed by atoms with Crippen LogP contribution in [0.25, 0.3) is 0 Å². The summed E-state index contributed by atoms with van der Waals surface area (Å²) in [5, 5.41) is 6.72. The highest BCUT2D eigenvalue weighted by Gasteiger charge is 2.13. The van der Waals surface area contributed by atoms with Crippen molar-refractivity contribution in [1.29, 1.82) is 0 Å². The van der Waals surface area contributed by atoms with Crippen LogP contribution in [0.5, 0.6) is 17.2 Å². The number of carbonyl (C=O) groups excluding carboxylic acids is 2. The maximum absolute atomic E-state index is 12.1. The molecule has 0 fully saturated rings. The van der Waals surface area contributed by atoms with Gasteiger partial charge >= 0.3 is 0 Å². The van der Waals surface area contributed by atoms with Gasteiger partial charge in [0.1, 0.15) is 5.75 Å². The Morgan fingerprint density at radius 3 is 2.33 bits per heavy atom. The van der Waals surface area contributed by atoms with Gasteiger partial charge in [-0.15, -0.1) is 0 Å². The van der Waals surface area contributed by atoms with E-state index in [1.807, 2.05) is 33.8 Å². The maximum Gasteiger partial charge on any atom is 0.240 e. The van der Waals surface area contributed by atoms with E-state index in [0.717, 1.165) is 15.8 Å². The summed E-state index contributed by atoms with van der Waals surface area (Å²) < 4.78 is 17.6. The molecule has 0 aliphatic heterocycles. The minimum Gasteiger partial charge on any atom is -0.494 e. The number of hydrogen-bond acceptors (Lipinski definition) is 6. The predicted molar refractivity (Wildman–Crippen MR) is 132 cm³/mol. The zero-order valence-corrected chi connectivity index (χ0v) is 20.9. The van der Waals surface area contributed by atoms with Crippen molar-refractivity contribution in [3.05, 3.63) is 46.4 Å². The van der Waals surface area contributed by atoms with E-state index in [1.165, 1.54) is 6.21 Å². The minimum absolute atomic E-state index is 0.00838. The number of benzene rings is 2. The standard InChI is InChI=1S/C24H30BrN3O5/c1-5-31-19-9-7-18(8-10-19)27-22(29)11-12-23(30)28-26-15-17-13-20(25)24(33-16(3)4)21(14-17)32-6-2/h7-10,13-16H,5-6,11-12H2,1-4H3,(H,27,29)(H,28,30). The lowest BCUT2D eigenvalue weighted by atomic mass is 10.2. The Kier molecular flexibility index (Phi) is 10.7. The molecule has 2 N–H and O–H groups in total. The normalized spacial score (nSPS) is 10.8. The van der Waals surface area contributed by atoms with Crippen LogP contribution >= 0.6 is 15.9 Å². The fourth-order valence-electron chi connectivity index (χ4n) is 2.76. The molecule has 0 aromatic heterocycles. The number of hydrazone groups is 1. The molecule has 0 aliphatic rings. The number of amides is 2. The van der Waals surface area contributed by atoms with Gasteiger partial charge in [0.15, 0.2) is 11.5 Å². The summed E-state index contributed by atoms with van der Waals surface area (Å²) in [5.41, 5.74) is 3.79. The molecule has 0 heterocycles. The van der Waals surface area contributed by atoms with Gasteiger partial charge in [0.05, 0.1) is 30.0 Å². The first-order chi connectivity index (χ1) is 15.8. The molecule has 0 saturated heterocycles. The summed E-state index contributed by atoms with van der Waals surface area (Å²) in [4.78, 5) is 24.1. The van der Waals surface area contributed by atoms with E-state index in [1.54, 1.807) is 30.3 Å². The molecule has 0 unspecified atom stereocenters. The van der Waals surface area contributed by atoms with Gasteiger partial charge in [-0.05, 0) is 85.6 Å². The summed E-state index contributed by atoms with van der Waals surface area (Å²) >= 11 is 3.49. The molecular weight excluding hydrogens is 490 g/mol. The number of halogens is 1. The van der Waals surface area contributed by atoms with Crippen molar-refractivity contribution in [3.8, 4) is 17.2 Å². The van der Waals surface area contributed by atoms with Crippen LogP contribution in [0.1, 0.15) is 46.1 Å². The van der Waals surface area contributed by atoms with E-state index in [2.05, 4.69) is 31.8 Å². The lowest BCUT2D eigenvalue weighted by molar-refractivity contribution is -0.124. The molecule has 0 atom stereocenters. The van der Waals surface area contributed by atoms with Crippen molar-refractivity contribution < 1.29 is 23.8 Å². The zero-order valence-electron chi connectivity index (χ0n) is 19.3. The average Bonchev–Trinajstić information content (AvgIpc) is 2.76. The van der Waals surface area contributed by atoms with E-state index < -0.39 is 0 Å². The highest BCUT2D eigenvalue weighted by atomic mass is 79.9. The lowest BCUT2D eigenvalue weighted by Crippen LogP contribution is -2.20. The van der Waals surface area contributed by atoms with Gasteiger partial charge in [-0.3, -0.25) is 9.59 Å². The van der Waals surface area contributed by atoms with Gasteiger partial charge in [-0.25, -0.2) is 5.43 Å². The van der Waals surface area contributed by atoms with Crippen LogP contribution < -0.4 is 25.0 Å². The third-order valence-electron chi connectivity index (χ3n) is 4.12. The van der Waals surface area contributed by atoms with E-state index >= 15 is 0 Å². The molecule has 0 aliphatic carbocycles. The topological polar surface area (TPSA) is 98.2 Å². The van der Waals surface area contributed by atoms with Crippen LogP contribution in [-0.2, 0) is 9.59 Å². The largest absolute Gasteiger partial charge is 0.494 e. The summed E-state index contributed by atoms with van der Waals surface area (Å²) in [5.74, 6) is 1.31. The number of ether oxygens (including phenoxy) is 3. The zero-order chi connectivity index (χ0) is 24.2. The van der Waals surface area contributed by atoms with Gasteiger partial charge in [-0.2, -0.15) is 5.10 Å². The summed E-state index contributed by atoms with van der Waals surface area (Å²) in [7, 11) is 0. The van der Waals surface area contributed by atoms with Crippen LogP contribution in [0.3, 0.4) is 0 Å². The smallest absolute Gasteiger partial charge is 0.240 e. The van der Waals surface area contributed by atoms with Crippen molar-refractivity contribution in [2.75, 3.05) is 18.5 Å². The Balaban J connectivity index is 1.85. The second-order valence-corrected chi connectivity index (χ2v) is 8.08. The molecule has 0 saturated carbocycles. The van der Waals surface area contributed by atoms with Crippen molar-refractivity contribution in [1.82, 2.24) is 5.43 Å². The van der Waals surface area contributed by atoms with Crippen LogP contribution in [0, 0.1) is 0 Å². The molecule has 33 heavy (non-hydrogen) atoms. The Bertz CT molecular complexity index is 961. The van der Waals surface area contributed by atoms with Gasteiger partial charge in [0.25, 0.3) is 0 Å². The molecule has 2 amide bonds. The quantitative estimate of drug-likeness (QED) is 0.307. The van der Waals surface area contributed by atoms with Crippen molar-refractivity contribution >= 4 is 39.6 Å². The van der Waals surface area contributed by atoms with Crippen LogP contribution in [0.15, 0.2) is 46.0 Å². The summed E-state index contributed by atoms with van der Waals surface area (Å²) in [6.07, 6.45) is 1.54. The van der Waals surface area contributed by atoms with E-state index in [0.29, 0.717) is 30.4 Å². The van der Waals surface area contributed by atoms with Crippen molar-refractivity contribution in [3.63, 3.8) is 0 Å². The molecule has 2 aromatic carbocycles. The second kappa shape index (κ2) is 13.5. The SMILES string of the molecule is CCOc1ccc(NC(=O)CCC(=O)NN=Cc2cc(Br)c(OC(C)C)c(OCC)c2)cc1. The van der Waals surface area contributed by atoms with Crippen LogP contribution in [-0.4, -0.2) is 37.3 Å². The minimum atomic E-state index is -0.364. The molecule has 0 bridgehead atoms. The molecule has 0 radical (unpaired) electrons. The molecule has 0 spiro atoms. The number of rotatable bonds is 12. The Morgan fingerprint density at radius 2 is 1.70 bits per heavy atom. The number of nitrogens with one attached hydrogen (secondary N) is 2. The summed E-state index contributed by atoms with van der Waals surface area (Å²) in [6, 6.07) is 10.7. The molecule has 178 valence electrons. The summed E-state index contributed by atoms with van der Waals surface area (Å²) in [6.45, 7) is 8.72. The van der Waals surface area contributed by atoms with Crippen molar-refractivity contribution in [2.24, 2.45) is 5.10 Å². The van der Waals surface area contributed by atoms with Crippen molar-refractivity contribution in [2.45, 2.75) is 46.6 Å². The first-order valence-electron chi connectivity index (χ1n) is 10.8. The van der Waals surface area contributed by atoms with E-state index in [4.69, 9.17) is 14.2 Å². The third-order valence-corrected chi connectivity index (χ3v) is 4.71. The predicted octanol–water partition coefficient (Wildman–Crippen LogP) is 4.90. The van der Waals surface area contributed by atoms with Gasteiger partial charge in [-0.1, -0.05) is 0 Å². The highest BCUT2D eigenvalue weighted by Crippen LogP contribution is 2.37. The van der Waals surface area contributed by atoms with Crippen LogP contribution in [0.2, 0.25) is 0 Å². The Morgan fingerprint density at radius 1 is 1.03 bits per heavy atom. The first-order valence-corrected chi connectivity index (χ1v) is 11.6. The number of hydrogen-bond donors (Lipinski definition) is 2. The number of anilines is 1. The highest BCUT2D eigenvalue weighted by molar-refractivity contribution is 9.10. The average molecular weight is 520 g/mol. The van der Waals surface area contributed by atoms with Gasteiger partial charge < -0.3 is 19.5 Å². The Hall–Kier alpha value is -3.07. The van der Waals surface area contributed by atoms with E-state index in [-0.39, 0.29) is 30.8 Å². The lowest BCUT2D eigenvalue weighted by Gasteiger charge is -2.16. The fraction of sp³-hybridized carbons (Fsp3) is 0.375. The monoisotopic (exact) mass is 519 g/mol. The third kappa shape index (κ3) is 9.13. The first kappa shape index (κ1) is 26.2. The van der Waals surface area contributed by atoms with Gasteiger partial charge in [0, 0.05) is 18.5 Å². The molecule has 2 aromatic rings. The number of nitrogens with zero attached hydrogens (tertiary/aromatic N) is 1. The molecule has 2 rings (SSSR count). The Labute approximate surface area is 202 Å². The number of carbonyl (C=O) groups is 2. The fourth-order valence-corrected chi connectivity index (χ4v) is 3.32. The molecule has 8 nitrogen and oxygen atoms in total. The van der Waals surface area contributed by atoms with Gasteiger partial charge in [0.2, 0.25) is 11.8 Å². The molecular formula is C24H30BrN3O5. The molecule has 9 heteroatoms. The second-order valence-electron chi connectivity index (χ2n) is 7.23. The maximum atomic E-state index is 12.1. The van der Waals surface area contributed by atoms with Crippen LogP contribution in [0.4, 0.5) is 5.69 Å². The van der Waals surface area contributed by atoms with E-state index in [9.17, 15) is 9.59 Å².